The third kappa shape index (κ3) is 2.74. The summed E-state index contributed by atoms with van der Waals surface area (Å²) in [5.74, 6) is 0.629. The Morgan fingerprint density at radius 1 is 1.56 bits per heavy atom. The van der Waals surface area contributed by atoms with Crippen LogP contribution in [0.15, 0.2) is 6.07 Å². The van der Waals surface area contributed by atoms with Crippen LogP contribution in [0.3, 0.4) is 0 Å². The zero-order chi connectivity index (χ0) is 11.5. The van der Waals surface area contributed by atoms with Crippen LogP contribution in [0.4, 0.5) is 11.5 Å². The van der Waals surface area contributed by atoms with E-state index in [2.05, 4.69) is 27.5 Å². The average Bonchev–Trinajstić information content (AvgIpc) is 2.22. The van der Waals surface area contributed by atoms with E-state index in [0.29, 0.717) is 22.7 Å². The number of likely N-dealkylation sites (N-methyl/N-ethyl adjacent to an activating group) is 1. The average molecular weight is 242 g/mol. The Kier molecular flexibility index (Phi) is 3.46. The third-order valence-electron chi connectivity index (χ3n) is 2.76. The van der Waals surface area contributed by atoms with Gasteiger partial charge in [-0.3, -0.25) is 0 Å². The minimum absolute atomic E-state index is 0.323. The summed E-state index contributed by atoms with van der Waals surface area (Å²) in [5, 5.41) is 11.4. The number of aromatic nitrogens is 2. The second kappa shape index (κ2) is 4.84. The van der Waals surface area contributed by atoms with Gasteiger partial charge in [-0.25, -0.2) is 0 Å². The summed E-state index contributed by atoms with van der Waals surface area (Å²) >= 11 is 5.69. The van der Waals surface area contributed by atoms with E-state index < -0.39 is 0 Å². The van der Waals surface area contributed by atoms with Gasteiger partial charge in [0, 0.05) is 18.7 Å². The third-order valence-corrected chi connectivity index (χ3v) is 2.94. The molecule has 1 atom stereocenters. The SMILES string of the molecule is CN1CCC[C@@H](Nc2nnc(Cl)cc2N)C1. The van der Waals surface area contributed by atoms with Crippen LogP contribution in [0.2, 0.25) is 5.15 Å². The van der Waals surface area contributed by atoms with Crippen molar-refractivity contribution < 1.29 is 0 Å². The molecule has 0 bridgehead atoms. The molecule has 0 saturated carbocycles. The molecule has 0 aromatic carbocycles. The van der Waals surface area contributed by atoms with Crippen LogP contribution in [-0.2, 0) is 0 Å². The molecule has 1 aliphatic rings. The van der Waals surface area contributed by atoms with E-state index in [0.717, 1.165) is 19.5 Å². The molecule has 1 fully saturated rings. The van der Waals surface area contributed by atoms with Crippen molar-refractivity contribution in [2.45, 2.75) is 18.9 Å². The molecule has 16 heavy (non-hydrogen) atoms. The topological polar surface area (TPSA) is 67.1 Å². The van der Waals surface area contributed by atoms with Crippen LogP contribution in [0, 0.1) is 0 Å². The maximum atomic E-state index is 5.81. The number of likely N-dealkylation sites (tertiary alicyclic amines) is 1. The largest absolute Gasteiger partial charge is 0.396 e. The van der Waals surface area contributed by atoms with Crippen LogP contribution >= 0.6 is 11.6 Å². The van der Waals surface area contributed by atoms with Gasteiger partial charge in [-0.2, -0.15) is 0 Å². The minimum Gasteiger partial charge on any atom is -0.396 e. The van der Waals surface area contributed by atoms with Crippen molar-refractivity contribution in [1.29, 1.82) is 0 Å². The predicted octanol–water partition coefficient (Wildman–Crippen LogP) is 1.22. The molecule has 1 aliphatic heterocycles. The molecule has 0 radical (unpaired) electrons. The molecule has 2 rings (SSSR count). The molecular weight excluding hydrogens is 226 g/mol. The Morgan fingerprint density at radius 3 is 3.06 bits per heavy atom. The summed E-state index contributed by atoms with van der Waals surface area (Å²) in [7, 11) is 2.12. The summed E-state index contributed by atoms with van der Waals surface area (Å²) in [6, 6.07) is 2.00. The van der Waals surface area contributed by atoms with Crippen molar-refractivity contribution in [3.8, 4) is 0 Å². The number of hydrogen-bond acceptors (Lipinski definition) is 5. The molecule has 0 aliphatic carbocycles. The number of nitrogens with zero attached hydrogens (tertiary/aromatic N) is 3. The Labute approximate surface area is 100.0 Å². The number of nitrogens with one attached hydrogen (secondary N) is 1. The number of nitrogens with two attached hydrogens (primary N) is 1. The Bertz CT molecular complexity index is 370. The van der Waals surface area contributed by atoms with Gasteiger partial charge in [0.05, 0.1) is 5.69 Å². The summed E-state index contributed by atoms with van der Waals surface area (Å²) in [5.41, 5.74) is 6.36. The highest BCUT2D eigenvalue weighted by atomic mass is 35.5. The maximum absolute atomic E-state index is 5.81. The number of nitrogen functional groups attached to an aromatic ring is 1. The first-order valence-electron chi connectivity index (χ1n) is 5.39. The number of halogens is 1. The van der Waals surface area contributed by atoms with Crippen molar-refractivity contribution in [1.82, 2.24) is 15.1 Å². The van der Waals surface area contributed by atoms with Gasteiger partial charge in [0.25, 0.3) is 0 Å². The summed E-state index contributed by atoms with van der Waals surface area (Å²) in [4.78, 5) is 2.29. The van der Waals surface area contributed by atoms with Crippen molar-refractivity contribution >= 4 is 23.1 Å². The van der Waals surface area contributed by atoms with Crippen LogP contribution in [0.5, 0.6) is 0 Å². The second-order valence-electron chi connectivity index (χ2n) is 4.22. The van der Waals surface area contributed by atoms with Crippen LogP contribution < -0.4 is 11.1 Å². The second-order valence-corrected chi connectivity index (χ2v) is 4.60. The fourth-order valence-electron chi connectivity index (χ4n) is 1.97. The first-order valence-corrected chi connectivity index (χ1v) is 5.77. The van der Waals surface area contributed by atoms with E-state index in [-0.39, 0.29) is 0 Å². The lowest BCUT2D eigenvalue weighted by molar-refractivity contribution is 0.260. The highest BCUT2D eigenvalue weighted by Gasteiger charge is 2.18. The van der Waals surface area contributed by atoms with Gasteiger partial charge in [0.2, 0.25) is 0 Å². The van der Waals surface area contributed by atoms with Gasteiger partial charge in [-0.15, -0.1) is 10.2 Å². The monoisotopic (exact) mass is 241 g/mol. The Morgan fingerprint density at radius 2 is 2.38 bits per heavy atom. The highest BCUT2D eigenvalue weighted by molar-refractivity contribution is 6.29. The molecule has 5 nitrogen and oxygen atoms in total. The normalized spacial score (nSPS) is 22.0. The highest BCUT2D eigenvalue weighted by Crippen LogP contribution is 2.20. The van der Waals surface area contributed by atoms with Crippen LogP contribution in [-0.4, -0.2) is 41.3 Å². The van der Waals surface area contributed by atoms with Crippen LogP contribution in [0.1, 0.15) is 12.8 Å². The lowest BCUT2D eigenvalue weighted by Gasteiger charge is -2.30. The molecule has 0 spiro atoms. The van der Waals surface area contributed by atoms with Crippen molar-refractivity contribution in [2.75, 3.05) is 31.2 Å². The van der Waals surface area contributed by atoms with Crippen molar-refractivity contribution in [3.05, 3.63) is 11.2 Å². The zero-order valence-electron chi connectivity index (χ0n) is 9.28. The number of anilines is 2. The summed E-state index contributed by atoms with van der Waals surface area (Å²) < 4.78 is 0. The molecule has 0 unspecified atom stereocenters. The van der Waals surface area contributed by atoms with Crippen molar-refractivity contribution in [3.63, 3.8) is 0 Å². The standard InChI is InChI=1S/C10H16ClN5/c1-16-4-2-3-7(6-16)13-10-8(12)5-9(11)14-15-10/h5,7H,2-4,6H2,1H3,(H2,12,14)(H,13,15)/t7-/m1/s1. The number of piperidine rings is 1. The van der Waals surface area contributed by atoms with Gasteiger partial charge in [-0.05, 0) is 26.4 Å². The molecule has 3 N–H and O–H groups in total. The van der Waals surface area contributed by atoms with E-state index in [1.165, 1.54) is 6.42 Å². The van der Waals surface area contributed by atoms with Gasteiger partial charge < -0.3 is 16.0 Å². The minimum atomic E-state index is 0.323. The fraction of sp³-hybridized carbons (Fsp3) is 0.600. The molecule has 0 amide bonds. The first kappa shape index (κ1) is 11.4. The molecule has 1 saturated heterocycles. The van der Waals surface area contributed by atoms with E-state index in [1.807, 2.05) is 0 Å². The van der Waals surface area contributed by atoms with E-state index in [9.17, 15) is 0 Å². The van der Waals surface area contributed by atoms with E-state index in [1.54, 1.807) is 6.07 Å². The van der Waals surface area contributed by atoms with Gasteiger partial charge in [-0.1, -0.05) is 11.6 Å². The lowest BCUT2D eigenvalue weighted by Crippen LogP contribution is -2.40. The van der Waals surface area contributed by atoms with Gasteiger partial charge in [0.1, 0.15) is 0 Å². The van der Waals surface area contributed by atoms with E-state index in [4.69, 9.17) is 17.3 Å². The predicted molar refractivity (Wildman–Crippen MR) is 65.6 cm³/mol. The van der Waals surface area contributed by atoms with Crippen molar-refractivity contribution in [2.24, 2.45) is 0 Å². The number of hydrogen-bond donors (Lipinski definition) is 2. The summed E-state index contributed by atoms with van der Waals surface area (Å²) in [6.45, 7) is 2.16. The number of rotatable bonds is 2. The van der Waals surface area contributed by atoms with Crippen LogP contribution in [0.25, 0.3) is 0 Å². The first-order chi connectivity index (χ1) is 7.65. The maximum Gasteiger partial charge on any atom is 0.172 e. The molecular formula is C10H16ClN5. The Hall–Kier alpha value is -1.07. The zero-order valence-corrected chi connectivity index (χ0v) is 10.0. The molecule has 88 valence electrons. The molecule has 1 aromatic heterocycles. The quantitative estimate of drug-likeness (QED) is 0.815. The fourth-order valence-corrected chi connectivity index (χ4v) is 2.13. The lowest BCUT2D eigenvalue weighted by atomic mass is 10.1. The smallest absolute Gasteiger partial charge is 0.172 e. The summed E-state index contributed by atoms with van der Waals surface area (Å²) in [6.07, 6.45) is 2.32. The Balaban J connectivity index is 2.02. The van der Waals surface area contributed by atoms with Gasteiger partial charge in [0.15, 0.2) is 11.0 Å². The molecule has 1 aromatic rings. The van der Waals surface area contributed by atoms with Gasteiger partial charge >= 0.3 is 0 Å². The molecule has 6 heteroatoms. The molecule has 2 heterocycles. The van der Waals surface area contributed by atoms with E-state index >= 15 is 0 Å².